The molecule has 3 nitrogen and oxygen atoms in total. The monoisotopic (exact) mass is 268 g/mol. The predicted octanol–water partition coefficient (Wildman–Crippen LogP) is 2.27. The minimum Gasteiger partial charge on any atom is -0.383 e. The molecule has 1 N–H and O–H groups in total. The molecule has 1 aromatic carbocycles. The van der Waals surface area contributed by atoms with Crippen molar-refractivity contribution >= 4 is 0 Å². The molecule has 4 heteroatoms. The molecule has 0 aromatic heterocycles. The maximum Gasteiger partial charge on any atom is 0.127 e. The Kier molecular flexibility index (Phi) is 7.63. The van der Waals surface area contributed by atoms with Gasteiger partial charge in [-0.2, -0.15) is 0 Å². The Morgan fingerprint density at radius 1 is 1.37 bits per heavy atom. The third-order valence-electron chi connectivity index (χ3n) is 2.98. The fourth-order valence-corrected chi connectivity index (χ4v) is 2.08. The third-order valence-corrected chi connectivity index (χ3v) is 2.98. The van der Waals surface area contributed by atoms with Gasteiger partial charge in [-0.25, -0.2) is 4.39 Å². The summed E-state index contributed by atoms with van der Waals surface area (Å²) in [6.07, 6.45) is 1.09. The number of methoxy groups -OCH3 is 1. The van der Waals surface area contributed by atoms with Crippen LogP contribution >= 0.6 is 0 Å². The van der Waals surface area contributed by atoms with Crippen molar-refractivity contribution in [1.82, 2.24) is 10.2 Å². The van der Waals surface area contributed by atoms with Crippen LogP contribution in [-0.2, 0) is 11.3 Å². The number of hydrogen-bond donors (Lipinski definition) is 1. The second kappa shape index (κ2) is 9.02. The number of halogens is 1. The van der Waals surface area contributed by atoms with Gasteiger partial charge in [0.05, 0.1) is 6.61 Å². The first-order valence-corrected chi connectivity index (χ1v) is 6.81. The number of nitrogens with zero attached hydrogens (tertiary/aromatic N) is 1. The third kappa shape index (κ3) is 6.14. The van der Waals surface area contributed by atoms with Crippen LogP contribution in [0.5, 0.6) is 0 Å². The molecule has 0 saturated heterocycles. The minimum absolute atomic E-state index is 0.140. The first-order valence-electron chi connectivity index (χ1n) is 6.81. The molecular weight excluding hydrogens is 243 g/mol. The van der Waals surface area contributed by atoms with Crippen LogP contribution in [0.3, 0.4) is 0 Å². The molecule has 0 amide bonds. The van der Waals surface area contributed by atoms with Gasteiger partial charge in [-0.3, -0.25) is 0 Å². The van der Waals surface area contributed by atoms with Crippen molar-refractivity contribution in [3.05, 3.63) is 35.6 Å². The highest BCUT2D eigenvalue weighted by molar-refractivity contribution is 5.16. The molecular formula is C15H25FN2O. The Balaban J connectivity index is 2.47. The second-order valence-electron chi connectivity index (χ2n) is 4.89. The molecule has 0 aliphatic heterocycles. The van der Waals surface area contributed by atoms with Crippen LogP contribution in [0.15, 0.2) is 24.3 Å². The van der Waals surface area contributed by atoms with E-state index in [0.717, 1.165) is 25.1 Å². The molecule has 0 fully saturated rings. The molecule has 0 spiro atoms. The Labute approximate surface area is 115 Å². The van der Waals surface area contributed by atoms with Gasteiger partial charge >= 0.3 is 0 Å². The number of ether oxygens (including phenoxy) is 1. The van der Waals surface area contributed by atoms with Gasteiger partial charge in [0.2, 0.25) is 0 Å². The van der Waals surface area contributed by atoms with Gasteiger partial charge in [0, 0.05) is 31.8 Å². The maximum absolute atomic E-state index is 13.6. The lowest BCUT2D eigenvalue weighted by Crippen LogP contribution is -2.42. The molecule has 108 valence electrons. The number of likely N-dealkylation sites (N-methyl/N-ethyl adjacent to an activating group) is 1. The molecule has 0 heterocycles. The van der Waals surface area contributed by atoms with Crippen LogP contribution in [0, 0.1) is 5.82 Å². The summed E-state index contributed by atoms with van der Waals surface area (Å²) in [6, 6.07) is 7.20. The number of nitrogens with one attached hydrogen (secondary N) is 1. The number of benzene rings is 1. The van der Waals surface area contributed by atoms with Gasteiger partial charge in [0.15, 0.2) is 0 Å². The summed E-state index contributed by atoms with van der Waals surface area (Å²) < 4.78 is 18.8. The van der Waals surface area contributed by atoms with Crippen molar-refractivity contribution in [2.24, 2.45) is 0 Å². The Morgan fingerprint density at radius 2 is 2.11 bits per heavy atom. The maximum atomic E-state index is 13.6. The summed E-state index contributed by atoms with van der Waals surface area (Å²) in [5, 5.41) is 3.44. The van der Waals surface area contributed by atoms with Crippen LogP contribution in [-0.4, -0.2) is 44.8 Å². The lowest BCUT2D eigenvalue weighted by atomic mass is 10.2. The number of rotatable bonds is 9. The van der Waals surface area contributed by atoms with Crippen LogP contribution in [0.1, 0.15) is 18.9 Å². The van der Waals surface area contributed by atoms with Crippen molar-refractivity contribution in [2.75, 3.05) is 33.9 Å². The van der Waals surface area contributed by atoms with Gasteiger partial charge in [-0.1, -0.05) is 25.1 Å². The van der Waals surface area contributed by atoms with E-state index in [1.54, 1.807) is 13.2 Å². The molecule has 0 bridgehead atoms. The van der Waals surface area contributed by atoms with Crippen molar-refractivity contribution in [3.63, 3.8) is 0 Å². The zero-order valence-corrected chi connectivity index (χ0v) is 12.2. The van der Waals surface area contributed by atoms with E-state index in [1.807, 2.05) is 19.2 Å². The van der Waals surface area contributed by atoms with Crippen LogP contribution in [0.25, 0.3) is 0 Å². The normalized spacial score (nSPS) is 12.9. The highest BCUT2D eigenvalue weighted by atomic mass is 19.1. The number of hydrogen-bond acceptors (Lipinski definition) is 3. The van der Waals surface area contributed by atoms with Gasteiger partial charge < -0.3 is 15.0 Å². The van der Waals surface area contributed by atoms with E-state index in [0.29, 0.717) is 13.2 Å². The highest BCUT2D eigenvalue weighted by Crippen LogP contribution is 2.09. The van der Waals surface area contributed by atoms with Crippen molar-refractivity contribution in [3.8, 4) is 0 Å². The molecule has 0 aliphatic carbocycles. The molecule has 19 heavy (non-hydrogen) atoms. The molecule has 0 radical (unpaired) electrons. The summed E-state index contributed by atoms with van der Waals surface area (Å²) in [7, 11) is 3.71. The van der Waals surface area contributed by atoms with Crippen molar-refractivity contribution in [2.45, 2.75) is 25.9 Å². The average molecular weight is 268 g/mol. The van der Waals surface area contributed by atoms with Crippen molar-refractivity contribution in [1.29, 1.82) is 0 Å². The van der Waals surface area contributed by atoms with E-state index in [-0.39, 0.29) is 11.9 Å². The van der Waals surface area contributed by atoms with Crippen LogP contribution < -0.4 is 5.32 Å². The first-order chi connectivity index (χ1) is 9.17. The standard InChI is InChI=1S/C15H25FN2O/c1-4-9-17-14(12-19-3)11-18(2)10-13-7-5-6-8-15(13)16/h5-8,14,17H,4,9-12H2,1-3H3. The van der Waals surface area contributed by atoms with Gasteiger partial charge in [0.1, 0.15) is 5.82 Å². The quantitative estimate of drug-likeness (QED) is 0.743. The minimum atomic E-state index is -0.140. The van der Waals surface area contributed by atoms with Crippen LogP contribution in [0.4, 0.5) is 4.39 Å². The SMILES string of the molecule is CCCNC(COC)CN(C)Cc1ccccc1F. The van der Waals surface area contributed by atoms with E-state index >= 15 is 0 Å². The van der Waals surface area contributed by atoms with E-state index in [1.165, 1.54) is 6.07 Å². The Morgan fingerprint density at radius 3 is 2.74 bits per heavy atom. The summed E-state index contributed by atoms with van der Waals surface area (Å²) in [4.78, 5) is 2.12. The highest BCUT2D eigenvalue weighted by Gasteiger charge is 2.12. The van der Waals surface area contributed by atoms with Gasteiger partial charge in [-0.05, 0) is 26.1 Å². The predicted molar refractivity (Wildman–Crippen MR) is 76.7 cm³/mol. The molecule has 0 saturated carbocycles. The van der Waals surface area contributed by atoms with Crippen LogP contribution in [0.2, 0.25) is 0 Å². The molecule has 1 rings (SSSR count). The zero-order valence-electron chi connectivity index (χ0n) is 12.2. The average Bonchev–Trinajstić information content (AvgIpc) is 2.39. The van der Waals surface area contributed by atoms with E-state index in [2.05, 4.69) is 17.1 Å². The lowest BCUT2D eigenvalue weighted by Gasteiger charge is -2.24. The first kappa shape index (κ1) is 16.1. The molecule has 1 aromatic rings. The fourth-order valence-electron chi connectivity index (χ4n) is 2.08. The molecule has 1 unspecified atom stereocenters. The zero-order chi connectivity index (χ0) is 14.1. The van der Waals surface area contributed by atoms with Crippen molar-refractivity contribution < 1.29 is 9.13 Å². The summed E-state index contributed by atoms with van der Waals surface area (Å²) in [5.74, 6) is -0.140. The van der Waals surface area contributed by atoms with Gasteiger partial charge in [0.25, 0.3) is 0 Å². The Bertz CT molecular complexity index is 360. The summed E-state index contributed by atoms with van der Waals surface area (Å²) in [6.45, 7) is 5.23. The van der Waals surface area contributed by atoms with Gasteiger partial charge in [-0.15, -0.1) is 0 Å². The summed E-state index contributed by atoms with van der Waals surface area (Å²) >= 11 is 0. The lowest BCUT2D eigenvalue weighted by molar-refractivity contribution is 0.143. The fraction of sp³-hybridized carbons (Fsp3) is 0.600. The smallest absolute Gasteiger partial charge is 0.127 e. The van der Waals surface area contributed by atoms with E-state index < -0.39 is 0 Å². The largest absolute Gasteiger partial charge is 0.383 e. The second-order valence-corrected chi connectivity index (χ2v) is 4.89. The van der Waals surface area contributed by atoms with E-state index in [9.17, 15) is 4.39 Å². The summed E-state index contributed by atoms with van der Waals surface area (Å²) in [5.41, 5.74) is 0.733. The van der Waals surface area contributed by atoms with E-state index in [4.69, 9.17) is 4.74 Å². The topological polar surface area (TPSA) is 24.5 Å². The Hall–Kier alpha value is -0.970. The molecule has 1 atom stereocenters. The molecule has 0 aliphatic rings.